The minimum atomic E-state index is -4.98. The number of thioether (sulfide) groups is 1. The van der Waals surface area contributed by atoms with E-state index in [0.29, 0.717) is 28.5 Å². The summed E-state index contributed by atoms with van der Waals surface area (Å²) in [6.07, 6.45) is -8.18. The van der Waals surface area contributed by atoms with Gasteiger partial charge in [0.05, 0.1) is 16.8 Å². The molecule has 0 radical (unpaired) electrons. The van der Waals surface area contributed by atoms with Gasteiger partial charge in [0.25, 0.3) is 5.91 Å². The van der Waals surface area contributed by atoms with Crippen LogP contribution in [0.5, 0.6) is 0 Å². The predicted octanol–water partition coefficient (Wildman–Crippen LogP) is 6.28. The third-order valence-corrected chi connectivity index (χ3v) is 6.22. The highest BCUT2D eigenvalue weighted by Crippen LogP contribution is 2.37. The lowest BCUT2D eigenvalue weighted by Gasteiger charge is -2.23. The number of halogens is 6. The quantitative estimate of drug-likeness (QED) is 0.246. The maximum atomic E-state index is 13.7. The van der Waals surface area contributed by atoms with Crippen molar-refractivity contribution in [2.24, 2.45) is 0 Å². The number of benzene rings is 2. The van der Waals surface area contributed by atoms with Gasteiger partial charge in [0.15, 0.2) is 5.16 Å². The standard InChI is InChI=1S/C24H20F6N4OS/c1-13-5-3-4-6-17(13)19-18-20(33-22(32-19)36-2)31-7-8-34(21(18)35)12-14-9-15(23(25,26)27)11-16(10-14)24(28,29)30/h3-6,9-11H,7-8,12H2,1-2H3,(H,31,32,33). The zero-order valence-corrected chi connectivity index (χ0v) is 19.9. The second-order valence-electron chi connectivity index (χ2n) is 8.17. The number of carbonyl (C=O) groups excluding carboxylic acids is 1. The maximum absolute atomic E-state index is 13.7. The second kappa shape index (κ2) is 9.64. The smallest absolute Gasteiger partial charge is 0.367 e. The fraction of sp³-hybridized carbons (Fsp3) is 0.292. The minimum Gasteiger partial charge on any atom is -0.367 e. The zero-order valence-electron chi connectivity index (χ0n) is 19.1. The van der Waals surface area contributed by atoms with Crippen LogP contribution in [-0.2, 0) is 18.9 Å². The molecule has 1 N–H and O–H groups in total. The van der Waals surface area contributed by atoms with E-state index in [1.165, 1.54) is 16.7 Å². The van der Waals surface area contributed by atoms with E-state index < -0.39 is 35.9 Å². The van der Waals surface area contributed by atoms with Gasteiger partial charge >= 0.3 is 12.4 Å². The number of aromatic nitrogens is 2. The molecule has 0 atom stereocenters. The van der Waals surface area contributed by atoms with E-state index in [4.69, 9.17) is 0 Å². The normalized spacial score (nSPS) is 14.3. The molecule has 190 valence electrons. The summed E-state index contributed by atoms with van der Waals surface area (Å²) in [4.78, 5) is 23.8. The predicted molar refractivity (Wildman–Crippen MR) is 124 cm³/mol. The fourth-order valence-electron chi connectivity index (χ4n) is 3.95. The van der Waals surface area contributed by atoms with Gasteiger partial charge in [0, 0.05) is 25.2 Å². The molecule has 0 saturated heterocycles. The van der Waals surface area contributed by atoms with Crippen molar-refractivity contribution in [3.63, 3.8) is 0 Å². The molecule has 0 spiro atoms. The van der Waals surface area contributed by atoms with Crippen molar-refractivity contribution < 1.29 is 31.1 Å². The summed E-state index contributed by atoms with van der Waals surface area (Å²) in [5.41, 5.74) is -1.19. The van der Waals surface area contributed by atoms with Crippen molar-refractivity contribution in [3.05, 3.63) is 70.3 Å². The summed E-state index contributed by atoms with van der Waals surface area (Å²) in [6.45, 7) is 1.62. The summed E-state index contributed by atoms with van der Waals surface area (Å²) in [6, 6.07) is 8.58. The summed E-state index contributed by atoms with van der Waals surface area (Å²) >= 11 is 1.28. The highest BCUT2D eigenvalue weighted by Gasteiger charge is 2.37. The summed E-state index contributed by atoms with van der Waals surface area (Å²) in [5.74, 6) is -0.327. The highest BCUT2D eigenvalue weighted by atomic mass is 32.2. The van der Waals surface area contributed by atoms with Gasteiger partial charge in [-0.3, -0.25) is 4.79 Å². The van der Waals surface area contributed by atoms with Gasteiger partial charge in [-0.25, -0.2) is 9.97 Å². The molecule has 0 unspecified atom stereocenters. The van der Waals surface area contributed by atoms with Gasteiger partial charge in [0.1, 0.15) is 11.4 Å². The Morgan fingerprint density at radius 1 is 1.00 bits per heavy atom. The number of anilines is 1. The van der Waals surface area contributed by atoms with E-state index in [1.54, 1.807) is 18.4 Å². The number of amides is 1. The Labute approximate surface area is 206 Å². The number of fused-ring (bicyclic) bond motifs is 1. The molecule has 4 rings (SSSR count). The van der Waals surface area contributed by atoms with E-state index in [9.17, 15) is 31.1 Å². The lowest BCUT2D eigenvalue weighted by Crippen LogP contribution is -2.32. The molecular formula is C24H20F6N4OS. The Morgan fingerprint density at radius 3 is 2.22 bits per heavy atom. The number of nitrogens with one attached hydrogen (secondary N) is 1. The third-order valence-electron chi connectivity index (χ3n) is 5.67. The second-order valence-corrected chi connectivity index (χ2v) is 8.94. The molecule has 0 saturated carbocycles. The lowest BCUT2D eigenvalue weighted by atomic mass is 10.0. The van der Waals surface area contributed by atoms with E-state index in [0.717, 1.165) is 5.56 Å². The van der Waals surface area contributed by atoms with Crippen LogP contribution in [0.3, 0.4) is 0 Å². The Bertz CT molecular complexity index is 1280. The van der Waals surface area contributed by atoms with Gasteiger partial charge < -0.3 is 10.2 Å². The molecule has 5 nitrogen and oxygen atoms in total. The number of nitrogens with zero attached hydrogens (tertiary/aromatic N) is 3. The van der Waals surface area contributed by atoms with E-state index in [1.807, 2.05) is 19.1 Å². The van der Waals surface area contributed by atoms with Crippen molar-refractivity contribution in [2.75, 3.05) is 24.7 Å². The molecule has 1 amide bonds. The maximum Gasteiger partial charge on any atom is 0.416 e. The topological polar surface area (TPSA) is 58.1 Å². The molecule has 3 aromatic rings. The fourth-order valence-corrected chi connectivity index (χ4v) is 4.31. The summed E-state index contributed by atoms with van der Waals surface area (Å²) in [5, 5.41) is 3.47. The lowest BCUT2D eigenvalue weighted by molar-refractivity contribution is -0.143. The van der Waals surface area contributed by atoms with E-state index in [2.05, 4.69) is 15.3 Å². The summed E-state index contributed by atoms with van der Waals surface area (Å²) in [7, 11) is 0. The van der Waals surface area contributed by atoms with Crippen LogP contribution in [0, 0.1) is 6.92 Å². The monoisotopic (exact) mass is 526 g/mol. The summed E-state index contributed by atoms with van der Waals surface area (Å²) < 4.78 is 80.0. The van der Waals surface area contributed by atoms with Gasteiger partial charge in [0.2, 0.25) is 0 Å². The van der Waals surface area contributed by atoms with Gasteiger partial charge in [-0.15, -0.1) is 0 Å². The SMILES string of the molecule is CSc1nc2c(c(-c3ccccc3C)n1)C(=O)N(Cc1cc(C(F)(F)F)cc(C(F)(F)F)c1)CCN2. The Hall–Kier alpha value is -3.28. The Kier molecular flexibility index (Phi) is 6.91. The Balaban J connectivity index is 1.80. The number of aryl methyl sites for hydroxylation is 1. The molecule has 0 aliphatic carbocycles. The first-order valence-electron chi connectivity index (χ1n) is 10.7. The van der Waals surface area contributed by atoms with Crippen molar-refractivity contribution in [3.8, 4) is 11.3 Å². The molecule has 0 fully saturated rings. The van der Waals surface area contributed by atoms with Gasteiger partial charge in [-0.1, -0.05) is 36.0 Å². The van der Waals surface area contributed by atoms with Crippen molar-refractivity contribution in [1.29, 1.82) is 0 Å². The van der Waals surface area contributed by atoms with Gasteiger partial charge in [-0.2, -0.15) is 26.3 Å². The molecule has 0 bridgehead atoms. The number of hydrogen-bond acceptors (Lipinski definition) is 5. The van der Waals surface area contributed by atoms with Crippen LogP contribution in [0.25, 0.3) is 11.3 Å². The first-order chi connectivity index (χ1) is 16.9. The Morgan fingerprint density at radius 2 is 1.64 bits per heavy atom. The van der Waals surface area contributed by atoms with Crippen LogP contribution in [0.15, 0.2) is 47.6 Å². The highest BCUT2D eigenvalue weighted by molar-refractivity contribution is 7.98. The number of hydrogen-bond donors (Lipinski definition) is 1. The number of rotatable bonds is 4. The first-order valence-corrected chi connectivity index (χ1v) is 11.9. The molecule has 2 aromatic carbocycles. The average Bonchev–Trinajstić information content (AvgIpc) is 2.96. The van der Waals surface area contributed by atoms with Crippen molar-refractivity contribution in [2.45, 2.75) is 31.0 Å². The van der Waals surface area contributed by atoms with E-state index >= 15 is 0 Å². The van der Waals surface area contributed by atoms with Crippen LogP contribution in [0.1, 0.15) is 32.6 Å². The molecule has 2 heterocycles. The van der Waals surface area contributed by atoms with Crippen LogP contribution in [0.4, 0.5) is 32.2 Å². The van der Waals surface area contributed by atoms with Crippen LogP contribution >= 0.6 is 11.8 Å². The molecular weight excluding hydrogens is 506 g/mol. The molecule has 1 aromatic heterocycles. The molecule has 1 aliphatic heterocycles. The largest absolute Gasteiger partial charge is 0.416 e. The minimum absolute atomic E-state index is 0.0363. The molecule has 36 heavy (non-hydrogen) atoms. The first kappa shape index (κ1) is 25.8. The van der Waals surface area contributed by atoms with Crippen LogP contribution in [-0.4, -0.2) is 40.1 Å². The van der Waals surface area contributed by atoms with Crippen LogP contribution in [0.2, 0.25) is 0 Å². The number of alkyl halides is 6. The van der Waals surface area contributed by atoms with Gasteiger partial charge in [-0.05, 0) is 42.5 Å². The van der Waals surface area contributed by atoms with Crippen molar-refractivity contribution in [1.82, 2.24) is 14.9 Å². The average molecular weight is 527 g/mol. The third kappa shape index (κ3) is 5.28. The molecule has 1 aliphatic rings. The molecule has 12 heteroatoms. The zero-order chi connectivity index (χ0) is 26.3. The van der Waals surface area contributed by atoms with Crippen molar-refractivity contribution >= 4 is 23.5 Å². The number of carbonyl (C=O) groups is 1. The van der Waals surface area contributed by atoms with E-state index in [-0.39, 0.29) is 36.1 Å². The van der Waals surface area contributed by atoms with Crippen LogP contribution < -0.4 is 5.32 Å².